The third-order valence-corrected chi connectivity index (χ3v) is 7.19. The lowest BCUT2D eigenvalue weighted by atomic mass is 9.90. The number of alkyl carbamates (subject to hydrolysis) is 1. The molecular formula is C28H34N2O5. The van der Waals surface area contributed by atoms with Crippen LogP contribution >= 0.6 is 0 Å². The van der Waals surface area contributed by atoms with Crippen molar-refractivity contribution in [1.82, 2.24) is 10.2 Å². The van der Waals surface area contributed by atoms with Crippen molar-refractivity contribution in [3.63, 3.8) is 0 Å². The quantitative estimate of drug-likeness (QED) is 0.505. The minimum Gasteiger partial charge on any atom is -0.480 e. The molecule has 1 fully saturated rings. The van der Waals surface area contributed by atoms with Crippen molar-refractivity contribution in [3.05, 3.63) is 59.7 Å². The first-order valence-electron chi connectivity index (χ1n) is 12.6. The number of rotatable bonds is 9. The Morgan fingerprint density at radius 3 is 2.31 bits per heavy atom. The number of piperidine rings is 1. The van der Waals surface area contributed by atoms with Gasteiger partial charge in [-0.1, -0.05) is 61.9 Å². The number of nitrogens with zero attached hydrogens (tertiary/aromatic N) is 1. The van der Waals surface area contributed by atoms with Gasteiger partial charge in [-0.3, -0.25) is 4.79 Å². The molecule has 2 aliphatic rings. The van der Waals surface area contributed by atoms with Gasteiger partial charge in [0.2, 0.25) is 5.91 Å². The molecule has 0 bridgehead atoms. The molecule has 1 aliphatic heterocycles. The van der Waals surface area contributed by atoms with Gasteiger partial charge in [-0.2, -0.15) is 0 Å². The van der Waals surface area contributed by atoms with Crippen LogP contribution in [0.5, 0.6) is 0 Å². The van der Waals surface area contributed by atoms with Crippen LogP contribution in [0.1, 0.15) is 62.5 Å². The SMILES string of the molecule is CC1CCCN(C(=O)CCCCCNC(=O)OCC2c3ccccc3-c3ccccc32)C1C(=O)O. The van der Waals surface area contributed by atoms with E-state index in [1.165, 1.54) is 27.2 Å². The number of carboxylic acids is 1. The van der Waals surface area contributed by atoms with Gasteiger partial charge in [-0.05, 0) is 53.9 Å². The Bertz CT molecular complexity index is 1020. The first-order valence-corrected chi connectivity index (χ1v) is 12.6. The van der Waals surface area contributed by atoms with E-state index < -0.39 is 18.1 Å². The Morgan fingerprint density at radius 1 is 1.00 bits per heavy atom. The summed E-state index contributed by atoms with van der Waals surface area (Å²) >= 11 is 0. The molecule has 2 aromatic rings. The fourth-order valence-electron chi connectivity index (χ4n) is 5.41. The number of fused-ring (bicyclic) bond motifs is 3. The van der Waals surface area contributed by atoms with E-state index in [0.717, 1.165) is 25.7 Å². The second-order valence-electron chi connectivity index (χ2n) is 9.55. The summed E-state index contributed by atoms with van der Waals surface area (Å²) in [7, 11) is 0. The van der Waals surface area contributed by atoms with Crippen LogP contribution in [-0.4, -0.2) is 53.7 Å². The highest BCUT2D eigenvalue weighted by Crippen LogP contribution is 2.44. The maximum atomic E-state index is 12.6. The second-order valence-corrected chi connectivity index (χ2v) is 9.55. The molecule has 0 radical (unpaired) electrons. The van der Waals surface area contributed by atoms with Crippen LogP contribution in [0.3, 0.4) is 0 Å². The van der Waals surface area contributed by atoms with Gasteiger partial charge < -0.3 is 20.1 Å². The Hall–Kier alpha value is -3.35. The largest absolute Gasteiger partial charge is 0.480 e. The van der Waals surface area contributed by atoms with Crippen LogP contribution in [-0.2, 0) is 14.3 Å². The van der Waals surface area contributed by atoms with Crippen molar-refractivity contribution in [2.24, 2.45) is 5.92 Å². The third-order valence-electron chi connectivity index (χ3n) is 7.19. The average Bonchev–Trinajstić information content (AvgIpc) is 3.18. The molecule has 7 heteroatoms. The summed E-state index contributed by atoms with van der Waals surface area (Å²) in [4.78, 5) is 37.9. The number of likely N-dealkylation sites (tertiary alicyclic amines) is 1. The van der Waals surface area contributed by atoms with E-state index in [9.17, 15) is 19.5 Å². The molecule has 2 unspecified atom stereocenters. The molecule has 0 saturated carbocycles. The molecule has 4 rings (SSSR count). The summed E-state index contributed by atoms with van der Waals surface area (Å²) in [6, 6.07) is 15.7. The zero-order valence-corrected chi connectivity index (χ0v) is 20.2. The molecule has 35 heavy (non-hydrogen) atoms. The average molecular weight is 479 g/mol. The van der Waals surface area contributed by atoms with Gasteiger partial charge in [0.05, 0.1) is 0 Å². The van der Waals surface area contributed by atoms with Gasteiger partial charge in [0.25, 0.3) is 0 Å². The van der Waals surface area contributed by atoms with E-state index in [2.05, 4.69) is 29.6 Å². The monoisotopic (exact) mass is 478 g/mol. The number of amides is 2. The van der Waals surface area contributed by atoms with Crippen LogP contribution < -0.4 is 5.32 Å². The lowest BCUT2D eigenvalue weighted by Gasteiger charge is -2.37. The van der Waals surface area contributed by atoms with Crippen LogP contribution in [0.25, 0.3) is 11.1 Å². The topological polar surface area (TPSA) is 95.9 Å². The van der Waals surface area contributed by atoms with E-state index in [1.54, 1.807) is 0 Å². The van der Waals surface area contributed by atoms with Crippen molar-refractivity contribution in [2.45, 2.75) is 57.4 Å². The van der Waals surface area contributed by atoms with Crippen molar-refractivity contribution in [2.75, 3.05) is 19.7 Å². The van der Waals surface area contributed by atoms with Gasteiger partial charge in [0.15, 0.2) is 0 Å². The summed E-state index contributed by atoms with van der Waals surface area (Å²) in [6.07, 6.45) is 3.76. The zero-order valence-electron chi connectivity index (χ0n) is 20.2. The highest BCUT2D eigenvalue weighted by Gasteiger charge is 2.36. The summed E-state index contributed by atoms with van der Waals surface area (Å²) in [5.74, 6) is -0.996. The fourth-order valence-corrected chi connectivity index (χ4v) is 5.41. The summed E-state index contributed by atoms with van der Waals surface area (Å²) in [5, 5.41) is 12.3. The molecule has 186 valence electrons. The number of benzene rings is 2. The third kappa shape index (κ3) is 5.66. The van der Waals surface area contributed by atoms with E-state index in [1.807, 2.05) is 31.2 Å². The molecule has 2 atom stereocenters. The molecule has 2 N–H and O–H groups in total. The smallest absolute Gasteiger partial charge is 0.407 e. The van der Waals surface area contributed by atoms with Crippen LogP contribution in [0.15, 0.2) is 48.5 Å². The summed E-state index contributed by atoms with van der Waals surface area (Å²) in [6.45, 7) is 3.17. The van der Waals surface area contributed by atoms with Crippen molar-refractivity contribution >= 4 is 18.0 Å². The van der Waals surface area contributed by atoms with Crippen LogP contribution in [0, 0.1) is 5.92 Å². The Balaban J connectivity index is 1.15. The Labute approximate surface area is 206 Å². The van der Waals surface area contributed by atoms with Gasteiger partial charge in [-0.15, -0.1) is 0 Å². The van der Waals surface area contributed by atoms with E-state index in [4.69, 9.17) is 4.74 Å². The minimum absolute atomic E-state index is 0.0217. The predicted octanol–water partition coefficient (Wildman–Crippen LogP) is 4.80. The molecule has 1 heterocycles. The van der Waals surface area contributed by atoms with Crippen LogP contribution in [0.2, 0.25) is 0 Å². The second kappa shape index (κ2) is 11.4. The lowest BCUT2D eigenvalue weighted by Crippen LogP contribution is -2.51. The molecule has 1 aliphatic carbocycles. The zero-order chi connectivity index (χ0) is 24.8. The fraction of sp³-hybridized carbons (Fsp3) is 0.464. The molecule has 2 amide bonds. The number of ether oxygens (including phenoxy) is 1. The molecule has 7 nitrogen and oxygen atoms in total. The number of carbonyl (C=O) groups excluding carboxylic acids is 2. The minimum atomic E-state index is -0.919. The standard InChI is InChI=1S/C28H34N2O5/c1-19-10-9-17-30(26(19)27(32)33)25(31)15-3-2-8-16-29-28(34)35-18-24-22-13-6-4-11-20(22)21-12-5-7-14-23(21)24/h4-7,11-14,19,24,26H,2-3,8-10,15-18H2,1H3,(H,29,34)(H,32,33). The van der Waals surface area contributed by atoms with Crippen molar-refractivity contribution < 1.29 is 24.2 Å². The van der Waals surface area contributed by atoms with Gasteiger partial charge >= 0.3 is 12.1 Å². The first kappa shape index (κ1) is 24.8. The normalized spacial score (nSPS) is 19.1. The number of carbonyl (C=O) groups is 3. The lowest BCUT2D eigenvalue weighted by molar-refractivity contribution is -0.154. The number of hydrogen-bond donors (Lipinski definition) is 2. The van der Waals surface area contributed by atoms with Gasteiger partial charge in [0, 0.05) is 25.4 Å². The summed E-state index contributed by atoms with van der Waals surface area (Å²) in [5.41, 5.74) is 4.75. The van der Waals surface area contributed by atoms with E-state index in [-0.39, 0.29) is 24.3 Å². The maximum Gasteiger partial charge on any atom is 0.407 e. The molecular weight excluding hydrogens is 444 g/mol. The Morgan fingerprint density at radius 2 is 1.66 bits per heavy atom. The van der Waals surface area contributed by atoms with Crippen molar-refractivity contribution in [3.8, 4) is 11.1 Å². The maximum absolute atomic E-state index is 12.6. The highest BCUT2D eigenvalue weighted by molar-refractivity contribution is 5.84. The van der Waals surface area contributed by atoms with E-state index in [0.29, 0.717) is 25.9 Å². The molecule has 0 aromatic heterocycles. The van der Waals surface area contributed by atoms with E-state index >= 15 is 0 Å². The van der Waals surface area contributed by atoms with Gasteiger partial charge in [-0.25, -0.2) is 9.59 Å². The molecule has 1 saturated heterocycles. The first-order chi connectivity index (χ1) is 17.0. The highest BCUT2D eigenvalue weighted by atomic mass is 16.5. The van der Waals surface area contributed by atoms with Crippen molar-refractivity contribution in [1.29, 1.82) is 0 Å². The number of unbranched alkanes of at least 4 members (excludes halogenated alkanes) is 2. The molecule has 0 spiro atoms. The predicted molar refractivity (Wildman–Crippen MR) is 133 cm³/mol. The number of aliphatic carboxylic acids is 1. The van der Waals surface area contributed by atoms with Crippen LogP contribution in [0.4, 0.5) is 4.79 Å². The Kier molecular flexibility index (Phi) is 8.06. The number of carboxylic acid groups (broad SMARTS) is 1. The summed E-state index contributed by atoms with van der Waals surface area (Å²) < 4.78 is 5.54. The number of hydrogen-bond acceptors (Lipinski definition) is 4. The molecule has 2 aromatic carbocycles. The number of nitrogens with one attached hydrogen (secondary N) is 1. The van der Waals surface area contributed by atoms with Gasteiger partial charge in [0.1, 0.15) is 12.6 Å².